The lowest BCUT2D eigenvalue weighted by Gasteiger charge is -2.50. The third kappa shape index (κ3) is 3.85. The zero-order chi connectivity index (χ0) is 18.6. The molecule has 136 valence electrons. The van der Waals surface area contributed by atoms with E-state index in [4.69, 9.17) is 10.5 Å². The summed E-state index contributed by atoms with van der Waals surface area (Å²) in [6.07, 6.45) is 0.725. The van der Waals surface area contributed by atoms with Crippen LogP contribution in [0.2, 0.25) is 0 Å². The first-order valence-corrected chi connectivity index (χ1v) is 8.42. The van der Waals surface area contributed by atoms with Gasteiger partial charge in [0.25, 0.3) is 11.8 Å². The summed E-state index contributed by atoms with van der Waals surface area (Å²) >= 11 is 0. The number of nitrogens with two attached hydrogens (primary N) is 1. The van der Waals surface area contributed by atoms with E-state index in [2.05, 4.69) is 0 Å². The number of carbonyl (C=O) groups is 2. The number of ether oxygens (including phenoxy) is 1. The van der Waals surface area contributed by atoms with E-state index in [1.54, 1.807) is 6.07 Å². The first-order valence-electron chi connectivity index (χ1n) is 8.42. The van der Waals surface area contributed by atoms with Crippen LogP contribution < -0.4 is 10.5 Å². The first-order chi connectivity index (χ1) is 12.5. The maximum absolute atomic E-state index is 12.7. The fraction of sp³-hybridized carbons (Fsp3) is 0.300. The van der Waals surface area contributed by atoms with Gasteiger partial charge >= 0.3 is 0 Å². The SMILES string of the molecule is NC(=O)COc1cccc(C2(Cc3ccccc3)CN(C(=O)CF)C2)c1. The average molecular weight is 356 g/mol. The molecule has 2 aromatic carbocycles. The highest BCUT2D eigenvalue weighted by Crippen LogP contribution is 2.39. The highest BCUT2D eigenvalue weighted by atomic mass is 19.1. The molecule has 1 aliphatic rings. The summed E-state index contributed by atoms with van der Waals surface area (Å²) in [6, 6.07) is 17.4. The van der Waals surface area contributed by atoms with Crippen LogP contribution in [-0.2, 0) is 21.4 Å². The molecule has 1 aliphatic heterocycles. The quantitative estimate of drug-likeness (QED) is 0.823. The third-order valence-electron chi connectivity index (χ3n) is 4.67. The molecule has 2 aromatic rings. The van der Waals surface area contributed by atoms with E-state index in [1.165, 1.54) is 4.90 Å². The highest BCUT2D eigenvalue weighted by Gasteiger charge is 2.46. The van der Waals surface area contributed by atoms with E-state index in [0.717, 1.165) is 17.5 Å². The normalized spacial score (nSPS) is 15.2. The number of nitrogens with zero attached hydrogens (tertiary/aromatic N) is 1. The van der Waals surface area contributed by atoms with Crippen molar-refractivity contribution in [2.45, 2.75) is 11.8 Å². The Morgan fingerprint density at radius 3 is 2.50 bits per heavy atom. The lowest BCUT2D eigenvalue weighted by molar-refractivity contribution is -0.140. The largest absolute Gasteiger partial charge is 0.484 e. The Labute approximate surface area is 151 Å². The van der Waals surface area contributed by atoms with Gasteiger partial charge in [0.1, 0.15) is 5.75 Å². The molecule has 3 rings (SSSR count). The van der Waals surface area contributed by atoms with Crippen LogP contribution in [0, 0.1) is 0 Å². The minimum Gasteiger partial charge on any atom is -0.484 e. The Hall–Kier alpha value is -2.89. The number of halogens is 1. The van der Waals surface area contributed by atoms with Crippen LogP contribution in [0.15, 0.2) is 54.6 Å². The van der Waals surface area contributed by atoms with Gasteiger partial charge < -0.3 is 15.4 Å². The van der Waals surface area contributed by atoms with Crippen molar-refractivity contribution in [2.75, 3.05) is 26.4 Å². The molecule has 1 heterocycles. The number of alkyl halides is 1. The van der Waals surface area contributed by atoms with Crippen molar-refractivity contribution in [2.24, 2.45) is 5.73 Å². The summed E-state index contributed by atoms with van der Waals surface area (Å²) in [6.45, 7) is -0.279. The topological polar surface area (TPSA) is 72.6 Å². The Morgan fingerprint density at radius 1 is 1.12 bits per heavy atom. The van der Waals surface area contributed by atoms with Gasteiger partial charge in [-0.2, -0.15) is 0 Å². The fourth-order valence-corrected chi connectivity index (χ4v) is 3.40. The summed E-state index contributed by atoms with van der Waals surface area (Å²) in [5.41, 5.74) is 6.95. The number of amides is 2. The molecule has 0 saturated carbocycles. The lowest BCUT2D eigenvalue weighted by Crippen LogP contribution is -2.62. The number of likely N-dealkylation sites (tertiary alicyclic amines) is 1. The van der Waals surface area contributed by atoms with Crippen molar-refractivity contribution in [1.82, 2.24) is 4.90 Å². The molecule has 0 bridgehead atoms. The van der Waals surface area contributed by atoms with Gasteiger partial charge in [-0.25, -0.2) is 4.39 Å². The Kier molecular flexibility index (Phi) is 5.21. The second-order valence-electron chi connectivity index (χ2n) is 6.61. The van der Waals surface area contributed by atoms with Gasteiger partial charge in [-0.15, -0.1) is 0 Å². The minimum atomic E-state index is -0.983. The van der Waals surface area contributed by atoms with Crippen LogP contribution >= 0.6 is 0 Å². The maximum atomic E-state index is 12.7. The van der Waals surface area contributed by atoms with Crippen molar-refractivity contribution < 1.29 is 18.7 Å². The molecular formula is C20H21FN2O3. The van der Waals surface area contributed by atoms with E-state index in [9.17, 15) is 14.0 Å². The smallest absolute Gasteiger partial charge is 0.255 e. The first kappa shape index (κ1) is 17.9. The van der Waals surface area contributed by atoms with Gasteiger partial charge in [0.05, 0.1) is 0 Å². The molecule has 26 heavy (non-hydrogen) atoms. The van der Waals surface area contributed by atoms with Crippen molar-refractivity contribution in [3.05, 3.63) is 65.7 Å². The van der Waals surface area contributed by atoms with E-state index < -0.39 is 18.5 Å². The zero-order valence-corrected chi connectivity index (χ0v) is 14.4. The van der Waals surface area contributed by atoms with Crippen LogP contribution in [0.1, 0.15) is 11.1 Å². The molecule has 0 aliphatic carbocycles. The van der Waals surface area contributed by atoms with Gasteiger partial charge in [-0.3, -0.25) is 9.59 Å². The summed E-state index contributed by atoms with van der Waals surface area (Å²) < 4.78 is 18.1. The molecule has 2 amide bonds. The van der Waals surface area contributed by atoms with Crippen molar-refractivity contribution >= 4 is 11.8 Å². The van der Waals surface area contributed by atoms with Crippen LogP contribution in [0.4, 0.5) is 4.39 Å². The minimum absolute atomic E-state index is 0.193. The van der Waals surface area contributed by atoms with Gasteiger partial charge in [0, 0.05) is 18.5 Å². The van der Waals surface area contributed by atoms with Crippen LogP contribution in [0.3, 0.4) is 0 Å². The predicted octanol–water partition coefficient (Wildman–Crippen LogP) is 1.84. The zero-order valence-electron chi connectivity index (χ0n) is 14.4. The van der Waals surface area contributed by atoms with Crippen LogP contribution in [0.5, 0.6) is 5.75 Å². The molecule has 1 saturated heterocycles. The summed E-state index contributed by atoms with van der Waals surface area (Å²) in [4.78, 5) is 24.1. The van der Waals surface area contributed by atoms with Crippen molar-refractivity contribution in [3.63, 3.8) is 0 Å². The van der Waals surface area contributed by atoms with Crippen LogP contribution in [0.25, 0.3) is 0 Å². The average Bonchev–Trinajstić information content (AvgIpc) is 2.63. The lowest BCUT2D eigenvalue weighted by atomic mass is 9.69. The highest BCUT2D eigenvalue weighted by molar-refractivity contribution is 5.79. The molecule has 0 radical (unpaired) electrons. The Balaban J connectivity index is 1.85. The van der Waals surface area contributed by atoms with E-state index in [-0.39, 0.29) is 12.0 Å². The van der Waals surface area contributed by atoms with Crippen LogP contribution in [-0.4, -0.2) is 43.1 Å². The third-order valence-corrected chi connectivity index (χ3v) is 4.67. The predicted molar refractivity (Wildman–Crippen MR) is 95.5 cm³/mol. The molecule has 0 unspecified atom stereocenters. The number of primary amides is 1. The van der Waals surface area contributed by atoms with E-state index in [0.29, 0.717) is 18.8 Å². The van der Waals surface area contributed by atoms with Gasteiger partial charge in [-0.1, -0.05) is 42.5 Å². The molecule has 1 fully saturated rings. The number of rotatable bonds is 7. The number of benzene rings is 2. The second kappa shape index (κ2) is 7.56. The van der Waals surface area contributed by atoms with Gasteiger partial charge in [-0.05, 0) is 29.7 Å². The van der Waals surface area contributed by atoms with Crippen molar-refractivity contribution in [1.29, 1.82) is 0 Å². The molecule has 6 heteroatoms. The standard InChI is InChI=1S/C20H21FN2O3/c21-11-19(25)23-13-20(14-23,10-15-5-2-1-3-6-15)16-7-4-8-17(9-16)26-12-18(22)24/h1-9H,10-14H2,(H2,22,24). The van der Waals surface area contributed by atoms with Gasteiger partial charge in [0.2, 0.25) is 0 Å². The Morgan fingerprint density at radius 2 is 1.85 bits per heavy atom. The van der Waals surface area contributed by atoms with Crippen molar-refractivity contribution in [3.8, 4) is 5.75 Å². The summed E-state index contributed by atoms with van der Waals surface area (Å²) in [7, 11) is 0. The Bertz CT molecular complexity index is 789. The molecule has 0 atom stereocenters. The molecule has 0 aromatic heterocycles. The summed E-state index contributed by atoms with van der Waals surface area (Å²) in [5, 5.41) is 0. The molecule has 0 spiro atoms. The fourth-order valence-electron chi connectivity index (χ4n) is 3.40. The number of carbonyl (C=O) groups excluding carboxylic acids is 2. The van der Waals surface area contributed by atoms with E-state index in [1.807, 2.05) is 48.5 Å². The number of hydrogen-bond acceptors (Lipinski definition) is 3. The molecule has 2 N–H and O–H groups in total. The molecular weight excluding hydrogens is 335 g/mol. The number of hydrogen-bond donors (Lipinski definition) is 1. The monoisotopic (exact) mass is 356 g/mol. The second-order valence-corrected chi connectivity index (χ2v) is 6.61. The maximum Gasteiger partial charge on any atom is 0.255 e. The molecule has 5 nitrogen and oxygen atoms in total. The van der Waals surface area contributed by atoms with E-state index >= 15 is 0 Å². The summed E-state index contributed by atoms with van der Waals surface area (Å²) in [5.74, 6) is -0.489. The van der Waals surface area contributed by atoms with Gasteiger partial charge in [0.15, 0.2) is 13.3 Å².